The summed E-state index contributed by atoms with van der Waals surface area (Å²) in [5.41, 5.74) is 1.03. The molecule has 1 aromatic carbocycles. The lowest BCUT2D eigenvalue weighted by molar-refractivity contribution is -0.930. The molecule has 120 valence electrons. The fourth-order valence-corrected chi connectivity index (χ4v) is 2.76. The van der Waals surface area contributed by atoms with Gasteiger partial charge in [-0.3, -0.25) is 9.59 Å². The molecule has 0 saturated carbocycles. The Morgan fingerprint density at radius 2 is 2.18 bits per heavy atom. The molecule has 1 aliphatic heterocycles. The molecule has 1 saturated heterocycles. The number of methoxy groups -OCH3 is 1. The Balaban J connectivity index is 2.11. The van der Waals surface area contributed by atoms with Crippen molar-refractivity contribution < 1.29 is 24.0 Å². The highest BCUT2D eigenvalue weighted by atomic mass is 16.5. The average Bonchev–Trinajstić information content (AvgIpc) is 2.51. The number of rotatable bonds is 6. The molecule has 6 nitrogen and oxygen atoms in total. The molecule has 1 unspecified atom stereocenters. The first kappa shape index (κ1) is 16.3. The number of benzene rings is 1. The van der Waals surface area contributed by atoms with E-state index in [1.807, 2.05) is 24.3 Å². The number of carbonyl (C=O) groups excluding carboxylic acids is 2. The Morgan fingerprint density at radius 1 is 1.41 bits per heavy atom. The zero-order chi connectivity index (χ0) is 15.9. The van der Waals surface area contributed by atoms with E-state index in [0.717, 1.165) is 22.8 Å². The van der Waals surface area contributed by atoms with E-state index in [9.17, 15) is 9.59 Å². The summed E-state index contributed by atoms with van der Waals surface area (Å²) in [6, 6.07) is 7.33. The van der Waals surface area contributed by atoms with Gasteiger partial charge in [-0.2, -0.15) is 0 Å². The molecular formula is C16H23N2O4+. The van der Waals surface area contributed by atoms with Crippen LogP contribution >= 0.6 is 0 Å². The van der Waals surface area contributed by atoms with Gasteiger partial charge in [-0.15, -0.1) is 0 Å². The van der Waals surface area contributed by atoms with Crippen LogP contribution in [0.3, 0.4) is 0 Å². The minimum absolute atomic E-state index is 0.0933. The first-order chi connectivity index (χ1) is 10.7. The number of hydrogen-bond donors (Lipinski definition) is 2. The first-order valence-corrected chi connectivity index (χ1v) is 7.55. The van der Waals surface area contributed by atoms with E-state index in [0.29, 0.717) is 19.7 Å². The number of para-hydroxylation sites is 1. The Bertz CT molecular complexity index is 533. The fourth-order valence-electron chi connectivity index (χ4n) is 2.76. The van der Waals surface area contributed by atoms with Crippen LogP contribution in [0.1, 0.15) is 18.9 Å². The van der Waals surface area contributed by atoms with Crippen LogP contribution in [0, 0.1) is 0 Å². The molecule has 2 atom stereocenters. The van der Waals surface area contributed by atoms with Gasteiger partial charge in [0.15, 0.2) is 6.04 Å². The molecule has 6 heteroatoms. The molecule has 1 heterocycles. The minimum atomic E-state index is -0.419. The second-order valence-corrected chi connectivity index (χ2v) is 5.25. The van der Waals surface area contributed by atoms with Gasteiger partial charge in [0.25, 0.3) is 5.91 Å². The van der Waals surface area contributed by atoms with Crippen LogP contribution < -0.4 is 15.0 Å². The van der Waals surface area contributed by atoms with Crippen molar-refractivity contribution in [1.82, 2.24) is 5.32 Å². The van der Waals surface area contributed by atoms with Crippen molar-refractivity contribution >= 4 is 11.9 Å². The topological polar surface area (TPSA) is 69.1 Å². The number of nitrogens with one attached hydrogen (secondary N) is 2. The summed E-state index contributed by atoms with van der Waals surface area (Å²) in [7, 11) is 1.63. The molecular weight excluding hydrogens is 284 g/mol. The van der Waals surface area contributed by atoms with Crippen molar-refractivity contribution in [2.45, 2.75) is 25.9 Å². The lowest BCUT2D eigenvalue weighted by atomic mass is 10.1. The minimum Gasteiger partial charge on any atom is -0.496 e. The predicted octanol–water partition coefficient (Wildman–Crippen LogP) is -0.468. The fraction of sp³-hybridized carbons (Fsp3) is 0.500. The maximum atomic E-state index is 12.1. The summed E-state index contributed by atoms with van der Waals surface area (Å²) >= 11 is 0. The van der Waals surface area contributed by atoms with Crippen LogP contribution in [-0.2, 0) is 20.9 Å². The Hall–Kier alpha value is -2.08. The maximum absolute atomic E-state index is 12.1. The standard InChI is InChI=1S/C16H22N2O4/c1-3-22-15(19)10-13-16(20)17-8-9-18(13)11-12-6-4-5-7-14(12)21-2/h4-7,13H,3,8-11H2,1-2H3,(H,17,20)/p+1/t13-/m0/s1. The first-order valence-electron chi connectivity index (χ1n) is 7.55. The van der Waals surface area contributed by atoms with Gasteiger partial charge in [-0.05, 0) is 19.1 Å². The van der Waals surface area contributed by atoms with E-state index in [-0.39, 0.29) is 18.3 Å². The van der Waals surface area contributed by atoms with Crippen molar-refractivity contribution in [3.05, 3.63) is 29.8 Å². The SMILES string of the molecule is CCOC(=O)C[C@H]1C(=O)NCC[NH+]1Cc1ccccc1OC. The molecule has 1 aromatic rings. The molecule has 22 heavy (non-hydrogen) atoms. The van der Waals surface area contributed by atoms with Crippen molar-refractivity contribution in [1.29, 1.82) is 0 Å². The van der Waals surface area contributed by atoms with E-state index in [1.165, 1.54) is 0 Å². The molecule has 0 radical (unpaired) electrons. The van der Waals surface area contributed by atoms with Crippen molar-refractivity contribution in [2.75, 3.05) is 26.8 Å². The van der Waals surface area contributed by atoms with E-state index in [2.05, 4.69) is 5.32 Å². The van der Waals surface area contributed by atoms with Gasteiger partial charge < -0.3 is 19.7 Å². The molecule has 1 fully saturated rings. The van der Waals surface area contributed by atoms with Crippen LogP contribution in [-0.4, -0.2) is 44.7 Å². The zero-order valence-corrected chi connectivity index (χ0v) is 13.1. The number of amides is 1. The monoisotopic (exact) mass is 307 g/mol. The van der Waals surface area contributed by atoms with E-state index in [1.54, 1.807) is 14.0 Å². The molecule has 1 amide bonds. The molecule has 1 aliphatic rings. The van der Waals surface area contributed by atoms with Crippen LogP contribution in [0.15, 0.2) is 24.3 Å². The van der Waals surface area contributed by atoms with Crippen molar-refractivity contribution in [3.63, 3.8) is 0 Å². The lowest BCUT2D eigenvalue weighted by Gasteiger charge is -2.31. The number of carbonyl (C=O) groups is 2. The lowest BCUT2D eigenvalue weighted by Crippen LogP contribution is -3.18. The van der Waals surface area contributed by atoms with Crippen LogP contribution in [0.5, 0.6) is 5.75 Å². The van der Waals surface area contributed by atoms with E-state index >= 15 is 0 Å². The van der Waals surface area contributed by atoms with E-state index in [4.69, 9.17) is 9.47 Å². The maximum Gasteiger partial charge on any atom is 0.312 e. The molecule has 2 N–H and O–H groups in total. The van der Waals surface area contributed by atoms with Gasteiger partial charge >= 0.3 is 5.97 Å². The molecule has 0 bridgehead atoms. The Labute approximate surface area is 130 Å². The van der Waals surface area contributed by atoms with Gasteiger partial charge in [0, 0.05) is 5.56 Å². The number of esters is 1. The molecule has 0 aromatic heterocycles. The second kappa shape index (κ2) is 7.79. The third-order valence-electron chi connectivity index (χ3n) is 3.84. The zero-order valence-electron chi connectivity index (χ0n) is 13.1. The summed E-state index contributed by atoms with van der Waals surface area (Å²) in [6.07, 6.45) is 0.101. The third-order valence-corrected chi connectivity index (χ3v) is 3.84. The Morgan fingerprint density at radius 3 is 2.91 bits per heavy atom. The van der Waals surface area contributed by atoms with Crippen LogP contribution in [0.4, 0.5) is 0 Å². The van der Waals surface area contributed by atoms with E-state index < -0.39 is 6.04 Å². The third kappa shape index (κ3) is 3.98. The van der Waals surface area contributed by atoms with Gasteiger partial charge in [0.1, 0.15) is 18.7 Å². The number of quaternary nitrogens is 1. The van der Waals surface area contributed by atoms with Gasteiger partial charge in [-0.1, -0.05) is 12.1 Å². The number of hydrogen-bond acceptors (Lipinski definition) is 4. The summed E-state index contributed by atoms with van der Waals surface area (Å²) in [5.74, 6) is 0.377. The summed E-state index contributed by atoms with van der Waals surface area (Å²) in [4.78, 5) is 24.9. The Kier molecular flexibility index (Phi) is 5.77. The highest BCUT2D eigenvalue weighted by molar-refractivity contribution is 5.85. The number of piperazine rings is 1. The van der Waals surface area contributed by atoms with Gasteiger partial charge in [0.05, 0.1) is 26.8 Å². The largest absolute Gasteiger partial charge is 0.496 e. The summed E-state index contributed by atoms with van der Waals surface area (Å²) in [5, 5.41) is 2.83. The normalized spacial score (nSPS) is 21.1. The molecule has 0 spiro atoms. The predicted molar refractivity (Wildman–Crippen MR) is 80.6 cm³/mol. The molecule has 0 aliphatic carbocycles. The van der Waals surface area contributed by atoms with Crippen molar-refractivity contribution in [3.8, 4) is 5.75 Å². The van der Waals surface area contributed by atoms with Crippen LogP contribution in [0.2, 0.25) is 0 Å². The molecule has 2 rings (SSSR count). The average molecular weight is 307 g/mol. The second-order valence-electron chi connectivity index (χ2n) is 5.25. The highest BCUT2D eigenvalue weighted by Crippen LogP contribution is 2.16. The quantitative estimate of drug-likeness (QED) is 0.697. The summed E-state index contributed by atoms with van der Waals surface area (Å²) in [6.45, 7) is 4.12. The smallest absolute Gasteiger partial charge is 0.312 e. The van der Waals surface area contributed by atoms with Crippen LogP contribution in [0.25, 0.3) is 0 Å². The van der Waals surface area contributed by atoms with Crippen molar-refractivity contribution in [2.24, 2.45) is 0 Å². The van der Waals surface area contributed by atoms with Gasteiger partial charge in [-0.25, -0.2) is 0 Å². The highest BCUT2D eigenvalue weighted by Gasteiger charge is 2.36. The summed E-state index contributed by atoms with van der Waals surface area (Å²) < 4.78 is 10.3. The number of ether oxygens (including phenoxy) is 2. The van der Waals surface area contributed by atoms with Gasteiger partial charge in [0.2, 0.25) is 0 Å².